The quantitative estimate of drug-likeness (QED) is 0.195. The van der Waals surface area contributed by atoms with Crippen molar-refractivity contribution in [3.8, 4) is 0 Å². The summed E-state index contributed by atoms with van der Waals surface area (Å²) in [4.78, 5) is 12.1. The van der Waals surface area contributed by atoms with E-state index in [1.807, 2.05) is 0 Å². The molecule has 0 aromatic heterocycles. The van der Waals surface area contributed by atoms with Crippen LogP contribution >= 0.6 is 0 Å². The van der Waals surface area contributed by atoms with Crippen LogP contribution < -0.4 is 5.11 Å². The summed E-state index contributed by atoms with van der Waals surface area (Å²) < 4.78 is 0.772. The summed E-state index contributed by atoms with van der Waals surface area (Å²) in [5.41, 5.74) is 0. The van der Waals surface area contributed by atoms with E-state index >= 15 is 0 Å². The van der Waals surface area contributed by atoms with Gasteiger partial charge in [0.25, 0.3) is 0 Å². The van der Waals surface area contributed by atoms with Gasteiger partial charge in [-0.05, 0) is 25.7 Å². The molecule has 0 saturated heterocycles. The van der Waals surface area contributed by atoms with Crippen LogP contribution in [0.25, 0.3) is 0 Å². The van der Waals surface area contributed by atoms with Gasteiger partial charge in [0.1, 0.15) is 6.04 Å². The molecule has 3 nitrogen and oxygen atoms in total. The Bertz CT molecular complexity index is 321. The zero-order valence-corrected chi connectivity index (χ0v) is 19.1. The minimum absolute atomic E-state index is 0.310. The molecule has 0 radical (unpaired) electrons. The third-order valence-electron chi connectivity index (χ3n) is 6.14. The van der Waals surface area contributed by atoms with Crippen LogP contribution in [0.1, 0.15) is 124 Å². The Hall–Kier alpha value is -0.570. The highest BCUT2D eigenvalue weighted by atomic mass is 16.4. The third kappa shape index (κ3) is 11.8. The van der Waals surface area contributed by atoms with Crippen molar-refractivity contribution in [2.24, 2.45) is 0 Å². The first-order valence-corrected chi connectivity index (χ1v) is 12.1. The molecule has 0 saturated carbocycles. The number of nitrogens with zero attached hydrogens (tertiary/aromatic N) is 1. The summed E-state index contributed by atoms with van der Waals surface area (Å²) in [5.74, 6) is -0.804. The van der Waals surface area contributed by atoms with Crippen LogP contribution in [0.15, 0.2) is 0 Å². The van der Waals surface area contributed by atoms with Crippen LogP contribution in [0.5, 0.6) is 0 Å². The zero-order chi connectivity index (χ0) is 20.4. The third-order valence-corrected chi connectivity index (χ3v) is 6.14. The van der Waals surface area contributed by atoms with E-state index in [1.165, 1.54) is 44.9 Å². The monoisotopic (exact) mass is 383 g/mol. The Morgan fingerprint density at radius 1 is 0.630 bits per heavy atom. The molecule has 1 unspecified atom stereocenters. The maximum absolute atomic E-state index is 12.1. The number of aliphatic carboxylic acids is 1. The number of carboxylic acids is 1. The van der Waals surface area contributed by atoms with Crippen LogP contribution in [0.4, 0.5) is 0 Å². The predicted molar refractivity (Wildman–Crippen MR) is 116 cm³/mol. The molecule has 0 N–H and O–H groups in total. The van der Waals surface area contributed by atoms with Crippen LogP contribution in [-0.2, 0) is 4.79 Å². The SMILES string of the molecule is CCCCCCCCCCC(C(=O)[O-])[N+](CCCC)(CCCC)CCCC. The molecule has 0 fully saturated rings. The summed E-state index contributed by atoms with van der Waals surface area (Å²) in [7, 11) is 0. The van der Waals surface area contributed by atoms with Gasteiger partial charge < -0.3 is 14.4 Å². The van der Waals surface area contributed by atoms with E-state index in [0.29, 0.717) is 0 Å². The van der Waals surface area contributed by atoms with Crippen molar-refractivity contribution in [3.05, 3.63) is 0 Å². The number of rotatable bonds is 20. The fourth-order valence-corrected chi connectivity index (χ4v) is 4.31. The first-order chi connectivity index (χ1) is 13.1. The van der Waals surface area contributed by atoms with Gasteiger partial charge in [0, 0.05) is 6.42 Å². The molecule has 0 bridgehead atoms. The lowest BCUT2D eigenvalue weighted by molar-refractivity contribution is -0.946. The minimum atomic E-state index is -0.804. The number of hydrogen-bond donors (Lipinski definition) is 0. The van der Waals surface area contributed by atoms with Crippen molar-refractivity contribution in [2.45, 2.75) is 130 Å². The summed E-state index contributed by atoms with van der Waals surface area (Å²) in [5, 5.41) is 12.1. The van der Waals surface area contributed by atoms with Crippen LogP contribution in [0, 0.1) is 0 Å². The van der Waals surface area contributed by atoms with Gasteiger partial charge in [-0.25, -0.2) is 0 Å². The lowest BCUT2D eigenvalue weighted by Gasteiger charge is -2.46. The normalized spacial score (nSPS) is 13.0. The molecule has 162 valence electrons. The zero-order valence-electron chi connectivity index (χ0n) is 19.1. The van der Waals surface area contributed by atoms with Gasteiger partial charge in [-0.3, -0.25) is 0 Å². The number of quaternary nitrogens is 1. The Morgan fingerprint density at radius 2 is 1.00 bits per heavy atom. The van der Waals surface area contributed by atoms with E-state index in [4.69, 9.17) is 0 Å². The van der Waals surface area contributed by atoms with E-state index in [-0.39, 0.29) is 6.04 Å². The molecular formula is C24H49NO2. The van der Waals surface area contributed by atoms with Crippen molar-refractivity contribution in [2.75, 3.05) is 19.6 Å². The van der Waals surface area contributed by atoms with Crippen molar-refractivity contribution < 1.29 is 14.4 Å². The second-order valence-electron chi connectivity index (χ2n) is 8.55. The molecule has 0 amide bonds. The fraction of sp³-hybridized carbons (Fsp3) is 0.958. The topological polar surface area (TPSA) is 40.1 Å². The summed E-state index contributed by atoms with van der Waals surface area (Å²) in [6.45, 7) is 11.9. The van der Waals surface area contributed by atoms with Gasteiger partial charge in [0.05, 0.1) is 25.6 Å². The van der Waals surface area contributed by atoms with Gasteiger partial charge >= 0.3 is 0 Å². The van der Waals surface area contributed by atoms with E-state index < -0.39 is 5.97 Å². The first-order valence-electron chi connectivity index (χ1n) is 12.1. The van der Waals surface area contributed by atoms with Gasteiger partial charge in [-0.15, -0.1) is 0 Å². The van der Waals surface area contributed by atoms with Gasteiger partial charge in [0.2, 0.25) is 0 Å². The summed E-state index contributed by atoms with van der Waals surface area (Å²) >= 11 is 0. The molecule has 0 aliphatic heterocycles. The summed E-state index contributed by atoms with van der Waals surface area (Å²) in [6.07, 6.45) is 17.7. The highest BCUT2D eigenvalue weighted by Crippen LogP contribution is 2.24. The van der Waals surface area contributed by atoms with Crippen molar-refractivity contribution in [1.82, 2.24) is 0 Å². The molecule has 1 atom stereocenters. The molecule has 0 aromatic carbocycles. The van der Waals surface area contributed by atoms with E-state index in [1.54, 1.807) is 0 Å². The van der Waals surface area contributed by atoms with E-state index in [0.717, 1.165) is 75.5 Å². The number of unbranched alkanes of at least 4 members (excludes halogenated alkanes) is 10. The Labute approximate surface area is 170 Å². The maximum atomic E-state index is 12.1. The maximum Gasteiger partial charge on any atom is 0.129 e. The standard InChI is InChI=1S/C24H49NO2/c1-5-9-13-14-15-16-17-18-19-23(24(26)27)25(20-10-6-2,21-11-7-3)22-12-8-4/h23H,5-22H2,1-4H3. The minimum Gasteiger partial charge on any atom is -0.544 e. The molecular weight excluding hydrogens is 334 g/mol. The molecule has 0 aliphatic rings. The van der Waals surface area contributed by atoms with E-state index in [9.17, 15) is 9.90 Å². The van der Waals surface area contributed by atoms with Gasteiger partial charge in [-0.2, -0.15) is 0 Å². The smallest absolute Gasteiger partial charge is 0.129 e. The number of carbonyl (C=O) groups excluding carboxylic acids is 1. The van der Waals surface area contributed by atoms with Gasteiger partial charge in [0.15, 0.2) is 0 Å². The lowest BCUT2D eigenvalue weighted by atomic mass is 9.99. The highest BCUT2D eigenvalue weighted by molar-refractivity contribution is 5.69. The number of carboxylic acid groups (broad SMARTS) is 1. The molecule has 3 heteroatoms. The van der Waals surface area contributed by atoms with Crippen molar-refractivity contribution in [1.29, 1.82) is 0 Å². The molecule has 0 aliphatic carbocycles. The first kappa shape index (κ1) is 26.4. The predicted octanol–water partition coefficient (Wildman–Crippen LogP) is 5.85. The lowest BCUT2D eigenvalue weighted by Crippen LogP contribution is -2.63. The summed E-state index contributed by atoms with van der Waals surface area (Å²) in [6, 6.07) is -0.310. The second kappa shape index (κ2) is 17.5. The molecule has 0 heterocycles. The Kier molecular flexibility index (Phi) is 17.2. The average Bonchev–Trinajstić information content (AvgIpc) is 2.66. The average molecular weight is 384 g/mol. The van der Waals surface area contributed by atoms with Crippen LogP contribution in [0.3, 0.4) is 0 Å². The van der Waals surface area contributed by atoms with Crippen molar-refractivity contribution >= 4 is 5.97 Å². The highest BCUT2D eigenvalue weighted by Gasteiger charge is 2.36. The number of carbonyl (C=O) groups is 1. The Morgan fingerprint density at radius 3 is 1.37 bits per heavy atom. The molecule has 27 heavy (non-hydrogen) atoms. The largest absolute Gasteiger partial charge is 0.544 e. The van der Waals surface area contributed by atoms with E-state index in [2.05, 4.69) is 27.7 Å². The van der Waals surface area contributed by atoms with Crippen molar-refractivity contribution in [3.63, 3.8) is 0 Å². The molecule has 0 aromatic rings. The van der Waals surface area contributed by atoms with Gasteiger partial charge in [-0.1, -0.05) is 91.9 Å². The fourth-order valence-electron chi connectivity index (χ4n) is 4.31. The number of hydrogen-bond acceptors (Lipinski definition) is 2. The van der Waals surface area contributed by atoms with Crippen LogP contribution in [-0.4, -0.2) is 36.1 Å². The molecule has 0 rings (SSSR count). The van der Waals surface area contributed by atoms with Crippen LogP contribution in [0.2, 0.25) is 0 Å². The second-order valence-corrected chi connectivity index (χ2v) is 8.55. The Balaban J connectivity index is 4.79. The molecule has 0 spiro atoms.